The molecular weight excluding hydrogens is 1270 g/mol. The van der Waals surface area contributed by atoms with Crippen LogP contribution in [0.15, 0.2) is 48.5 Å². The molecular formula is C58H87N19O19. The molecule has 1 aliphatic rings. The third-order valence-corrected chi connectivity index (χ3v) is 14.7. The number of hydrogen-bond acceptors (Lipinski definition) is 20. The molecule has 0 bridgehead atoms. The summed E-state index contributed by atoms with van der Waals surface area (Å²) in [4.78, 5) is 188. The Labute approximate surface area is 549 Å². The first-order valence-electron chi connectivity index (χ1n) is 30.3. The molecule has 528 valence electrons. The highest BCUT2D eigenvalue weighted by Gasteiger charge is 2.39. The Morgan fingerprint density at radius 2 is 1.01 bits per heavy atom. The van der Waals surface area contributed by atoms with Crippen LogP contribution < -0.4 is 87.2 Å². The highest BCUT2D eigenvalue weighted by molar-refractivity contribution is 6.00. The Balaban J connectivity index is 1.89. The Morgan fingerprint density at radius 1 is 0.542 bits per heavy atom. The average Bonchev–Trinajstić information content (AvgIpc) is 1.51. The average molecular weight is 1350 g/mol. The predicted molar refractivity (Wildman–Crippen MR) is 337 cm³/mol. The van der Waals surface area contributed by atoms with Gasteiger partial charge < -0.3 is 118 Å². The number of guanidine groups is 2. The second-order valence-electron chi connectivity index (χ2n) is 22.7. The number of likely N-dealkylation sites (tertiary alicyclic amines) is 1. The Morgan fingerprint density at radius 3 is 1.51 bits per heavy atom. The van der Waals surface area contributed by atoms with Crippen LogP contribution in [0, 0.1) is 16.7 Å². The molecule has 10 atom stereocenters. The number of primary amides is 2. The Bertz CT molecular complexity index is 3120. The summed E-state index contributed by atoms with van der Waals surface area (Å²) in [5.74, 6) is -17.7. The van der Waals surface area contributed by atoms with Gasteiger partial charge in [-0.2, -0.15) is 0 Å². The number of aliphatic hydroxyl groups excluding tert-OH is 1. The predicted octanol–water partition coefficient (Wildman–Crippen LogP) is -7.93. The fourth-order valence-corrected chi connectivity index (χ4v) is 9.62. The molecule has 38 nitrogen and oxygen atoms in total. The van der Waals surface area contributed by atoms with Gasteiger partial charge >= 0.3 is 11.9 Å². The number of aliphatic hydroxyl groups is 1. The Kier molecular flexibility index (Phi) is 32.7. The summed E-state index contributed by atoms with van der Waals surface area (Å²) in [6, 6.07) is -5.30. The molecule has 1 aliphatic heterocycles. The number of carbonyl (C=O) groups excluding carboxylic acids is 12. The molecule has 0 unspecified atom stereocenters. The van der Waals surface area contributed by atoms with Crippen molar-refractivity contribution in [2.24, 2.45) is 34.6 Å². The summed E-state index contributed by atoms with van der Waals surface area (Å²) in [7, 11) is 0. The van der Waals surface area contributed by atoms with E-state index in [9.17, 15) is 87.5 Å². The van der Waals surface area contributed by atoms with Crippen molar-refractivity contribution in [2.75, 3.05) is 32.8 Å². The Hall–Kier alpha value is -10.9. The van der Waals surface area contributed by atoms with Crippen LogP contribution in [-0.4, -0.2) is 218 Å². The topological polar surface area (TPSA) is 654 Å². The van der Waals surface area contributed by atoms with Crippen molar-refractivity contribution in [3.05, 3.63) is 59.7 Å². The van der Waals surface area contributed by atoms with Crippen LogP contribution in [0.25, 0.3) is 0 Å². The summed E-state index contributed by atoms with van der Waals surface area (Å²) >= 11 is 0. The highest BCUT2D eigenvalue weighted by atomic mass is 16.4. The van der Waals surface area contributed by atoms with Crippen molar-refractivity contribution in [1.29, 1.82) is 10.8 Å². The number of amides is 12. The van der Waals surface area contributed by atoms with Crippen molar-refractivity contribution in [2.45, 2.75) is 151 Å². The zero-order chi connectivity index (χ0) is 71.9. The molecule has 3 rings (SSSR count). The van der Waals surface area contributed by atoms with Crippen LogP contribution in [0.2, 0.25) is 0 Å². The largest absolute Gasteiger partial charge is 0.508 e. The third kappa shape index (κ3) is 28.1. The van der Waals surface area contributed by atoms with E-state index in [4.69, 9.17) is 44.6 Å². The van der Waals surface area contributed by atoms with Crippen LogP contribution in [0.4, 0.5) is 0 Å². The number of aromatic hydroxyl groups is 2. The van der Waals surface area contributed by atoms with Gasteiger partial charge in [0.1, 0.15) is 65.9 Å². The maximum Gasteiger partial charge on any atom is 0.305 e. The number of aliphatic carboxylic acids is 2. The number of phenolic OH excluding ortho intramolecular Hbond substituents is 2. The minimum atomic E-state index is -1.91. The minimum absolute atomic E-state index is 0.00286. The normalized spacial score (nSPS) is 15.3. The van der Waals surface area contributed by atoms with E-state index in [1.807, 2.05) is 0 Å². The number of nitrogens with two attached hydrogens (primary N) is 5. The number of phenols is 2. The van der Waals surface area contributed by atoms with Gasteiger partial charge in [-0.1, -0.05) is 38.1 Å². The highest BCUT2D eigenvalue weighted by Crippen LogP contribution is 2.20. The van der Waals surface area contributed by atoms with E-state index in [0.717, 1.165) is 0 Å². The summed E-state index contributed by atoms with van der Waals surface area (Å²) in [5.41, 5.74) is 28.3. The maximum absolute atomic E-state index is 14.5. The first kappa shape index (κ1) is 79.3. The number of rotatable bonds is 41. The molecule has 0 spiro atoms. The molecule has 1 fully saturated rings. The minimum Gasteiger partial charge on any atom is -0.508 e. The monoisotopic (exact) mass is 1350 g/mol. The summed E-state index contributed by atoms with van der Waals surface area (Å²) in [6.45, 7) is 1.22. The number of benzene rings is 2. The maximum atomic E-state index is 14.5. The van der Waals surface area contributed by atoms with E-state index < -0.39 is 200 Å². The van der Waals surface area contributed by atoms with E-state index in [2.05, 4.69) is 58.5 Å². The van der Waals surface area contributed by atoms with E-state index in [0.29, 0.717) is 24.0 Å². The fraction of sp³-hybridized carbons (Fsp3) is 0.517. The summed E-state index contributed by atoms with van der Waals surface area (Å²) in [5, 5.41) is 89.9. The van der Waals surface area contributed by atoms with Crippen LogP contribution in [0.3, 0.4) is 0 Å². The van der Waals surface area contributed by atoms with E-state index in [1.54, 1.807) is 0 Å². The smallest absolute Gasteiger partial charge is 0.305 e. The van der Waals surface area contributed by atoms with Crippen molar-refractivity contribution in [3.63, 3.8) is 0 Å². The van der Waals surface area contributed by atoms with Crippen molar-refractivity contribution >= 4 is 94.7 Å². The molecule has 0 aromatic heterocycles. The number of carbonyl (C=O) groups is 14. The molecule has 96 heavy (non-hydrogen) atoms. The lowest BCUT2D eigenvalue weighted by Crippen LogP contribution is -2.61. The number of hydrogen-bond donors (Lipinski definition) is 23. The first-order valence-corrected chi connectivity index (χ1v) is 30.3. The number of nitrogens with one attached hydrogen (secondary N) is 13. The molecule has 1 heterocycles. The number of carboxylic acid groups (broad SMARTS) is 2. The molecule has 1 saturated heterocycles. The summed E-state index contributed by atoms with van der Waals surface area (Å²) < 4.78 is 0. The van der Waals surface area contributed by atoms with Gasteiger partial charge in [0.2, 0.25) is 70.9 Å². The van der Waals surface area contributed by atoms with Crippen molar-refractivity contribution in [3.8, 4) is 11.5 Å². The lowest BCUT2D eigenvalue weighted by atomic mass is 9.99. The van der Waals surface area contributed by atoms with Gasteiger partial charge in [0.15, 0.2) is 11.9 Å². The molecule has 0 radical (unpaired) electrons. The first-order chi connectivity index (χ1) is 45.2. The quantitative estimate of drug-likeness (QED) is 0.0167. The van der Waals surface area contributed by atoms with Gasteiger partial charge in [-0.3, -0.25) is 77.9 Å². The molecule has 28 N–H and O–H groups in total. The van der Waals surface area contributed by atoms with Gasteiger partial charge in [-0.15, -0.1) is 0 Å². The molecule has 38 heteroatoms. The number of nitrogens with zero attached hydrogens (tertiary/aromatic N) is 1. The van der Waals surface area contributed by atoms with Crippen molar-refractivity contribution < 1.29 is 92.7 Å². The van der Waals surface area contributed by atoms with Gasteiger partial charge in [-0.05, 0) is 86.3 Å². The fourth-order valence-electron chi connectivity index (χ4n) is 9.62. The van der Waals surface area contributed by atoms with E-state index in [1.165, 1.54) is 67.3 Å². The van der Waals surface area contributed by atoms with E-state index in [-0.39, 0.29) is 69.2 Å². The molecule has 2 aromatic carbocycles. The van der Waals surface area contributed by atoms with Gasteiger partial charge in [-0.25, -0.2) is 0 Å². The van der Waals surface area contributed by atoms with Crippen LogP contribution in [0.5, 0.6) is 11.5 Å². The summed E-state index contributed by atoms with van der Waals surface area (Å²) in [6.07, 6.45) is -2.99. The lowest BCUT2D eigenvalue weighted by molar-refractivity contribution is -0.143. The standard InChI is InChI=1S/C58H87N19O19/c1-28(2)46(55(95)74-37(23-30-11-15-32(80)16-12-30)51(91)71-35(7-4-20-67-58(64)65)49(89)75-40(27-78)53(93)70-34(47(61)87)17-18-44(83)84)76-52(92)38(24-42(60)81)72-50(90)36(22-29-9-13-31(79)14-10-29)69-43(82)26-68-48(88)39(25-45(85)86)73-54(94)41-8-5-21-77(41)56(96)33(59)6-3-19-66-57(62)63/h9-16,28,33-41,46,78-80H,3-8,17-27,59H2,1-2H3,(H2,60,81)(H2,61,87)(H,68,88)(H,69,82)(H,70,93)(H,71,91)(H,72,90)(H,73,94)(H,74,95)(H,75,89)(H,76,92)(H,83,84)(H,85,86)(H4,62,63,66)(H4,64,65,67)/t33-,34-,35-,36-,37-,38-,39-,40-,41-,46-/m0/s1. The van der Waals surface area contributed by atoms with Gasteiger partial charge in [0.05, 0.1) is 32.0 Å². The molecule has 0 aliphatic carbocycles. The lowest BCUT2D eigenvalue weighted by Gasteiger charge is -2.29. The number of carboxylic acids is 2. The zero-order valence-electron chi connectivity index (χ0n) is 52.8. The van der Waals surface area contributed by atoms with Crippen LogP contribution in [-0.2, 0) is 80.0 Å². The SMILES string of the molecule is CC(C)[C@H](NC(=O)[C@H](CC(N)=O)NC(=O)[C@H](Cc1ccc(O)cc1)NC(=O)CNC(=O)[C@H](CC(=O)O)NC(=O)[C@@H]1CCCN1C(=O)[C@@H](N)CCCNC(=N)N)C(=O)N[C@@H](Cc1ccc(O)cc1)C(=O)N[C@@H](CCCNC(=N)N)C(=O)N[C@@H](CO)C(=O)N[C@@H](CCC(=O)O)C(N)=O. The van der Waals surface area contributed by atoms with Crippen molar-refractivity contribution in [1.82, 2.24) is 63.4 Å². The molecule has 12 amide bonds. The van der Waals surface area contributed by atoms with Crippen LogP contribution >= 0.6 is 0 Å². The zero-order valence-corrected chi connectivity index (χ0v) is 52.8. The van der Waals surface area contributed by atoms with Crippen LogP contribution in [0.1, 0.15) is 89.2 Å². The molecule has 0 saturated carbocycles. The third-order valence-electron chi connectivity index (χ3n) is 14.7. The second kappa shape index (κ2) is 39.6. The van der Waals surface area contributed by atoms with Gasteiger partial charge in [0, 0.05) is 38.9 Å². The van der Waals surface area contributed by atoms with E-state index >= 15 is 0 Å². The molecule has 2 aromatic rings. The second-order valence-corrected chi connectivity index (χ2v) is 22.7. The van der Waals surface area contributed by atoms with Gasteiger partial charge in [0.25, 0.3) is 0 Å².